The van der Waals surface area contributed by atoms with Gasteiger partial charge < -0.3 is 0 Å². The van der Waals surface area contributed by atoms with Gasteiger partial charge in [-0.15, -0.1) is 0 Å². The Bertz CT molecular complexity index is 137. The van der Waals surface area contributed by atoms with E-state index >= 15 is 0 Å². The second-order valence-corrected chi connectivity index (χ2v) is 3.07. The van der Waals surface area contributed by atoms with Crippen LogP contribution in [0, 0.1) is 5.92 Å². The molecule has 0 aliphatic carbocycles. The van der Waals surface area contributed by atoms with Gasteiger partial charge in [0.15, 0.2) is 0 Å². The number of nitrogens with zero attached hydrogens (tertiary/aromatic N) is 1. The Labute approximate surface area is 66.8 Å². The van der Waals surface area contributed by atoms with Gasteiger partial charge in [-0.3, -0.25) is 5.84 Å². The molecular weight excluding hydrogens is 143 g/mol. The van der Waals surface area contributed by atoms with Gasteiger partial charge in [0, 0.05) is 13.1 Å². The predicted octanol–water partition coefficient (Wildman–Crippen LogP) is 1.10. The van der Waals surface area contributed by atoms with Crippen molar-refractivity contribution in [1.29, 1.82) is 0 Å². The van der Waals surface area contributed by atoms with Crippen molar-refractivity contribution >= 4 is 0 Å². The molecule has 0 amide bonds. The highest BCUT2D eigenvalue weighted by atomic mass is 19.1. The molecule has 1 aliphatic heterocycles. The average molecular weight is 158 g/mol. The first kappa shape index (κ1) is 8.68. The topological polar surface area (TPSA) is 29.3 Å². The zero-order chi connectivity index (χ0) is 8.27. The van der Waals surface area contributed by atoms with E-state index in [1.807, 2.05) is 19.1 Å². The Hall–Kier alpha value is -0.410. The third-order valence-corrected chi connectivity index (χ3v) is 1.92. The van der Waals surface area contributed by atoms with E-state index in [0.29, 0.717) is 18.9 Å². The lowest BCUT2D eigenvalue weighted by atomic mass is 9.97. The van der Waals surface area contributed by atoms with E-state index in [0.717, 1.165) is 6.54 Å². The number of allylic oxidation sites excluding steroid dienone is 1. The van der Waals surface area contributed by atoms with Crippen molar-refractivity contribution in [2.75, 3.05) is 13.1 Å². The molecule has 0 saturated carbocycles. The van der Waals surface area contributed by atoms with Gasteiger partial charge in [0.1, 0.15) is 6.17 Å². The Morgan fingerprint density at radius 1 is 1.55 bits per heavy atom. The van der Waals surface area contributed by atoms with Crippen LogP contribution in [0.4, 0.5) is 4.39 Å². The van der Waals surface area contributed by atoms with Crippen molar-refractivity contribution in [3.8, 4) is 0 Å². The summed E-state index contributed by atoms with van der Waals surface area (Å²) in [4.78, 5) is 0. The number of alkyl halides is 1. The Kier molecular flexibility index (Phi) is 3.02. The largest absolute Gasteiger partial charge is 0.269 e. The molecule has 2 N–H and O–H groups in total. The standard InChI is InChI=1S/C8H15FN2/c1-2-3-7-4-8(9)6-11(10)5-7/h2-3,7-8H,4-6,10H2,1H3/b3-2+/t7-,8-/m0/s1. The first-order valence-electron chi connectivity index (χ1n) is 3.99. The monoisotopic (exact) mass is 158 g/mol. The van der Waals surface area contributed by atoms with Crippen LogP contribution in [0.3, 0.4) is 0 Å². The molecule has 1 heterocycles. The third-order valence-electron chi connectivity index (χ3n) is 1.92. The molecular formula is C8H15FN2. The lowest BCUT2D eigenvalue weighted by molar-refractivity contribution is 0.114. The Balaban J connectivity index is 2.42. The molecule has 0 spiro atoms. The summed E-state index contributed by atoms with van der Waals surface area (Å²) in [6, 6.07) is 0. The highest BCUT2D eigenvalue weighted by Gasteiger charge is 2.23. The van der Waals surface area contributed by atoms with E-state index in [1.165, 1.54) is 0 Å². The van der Waals surface area contributed by atoms with E-state index in [-0.39, 0.29) is 0 Å². The molecule has 0 aromatic carbocycles. The number of halogens is 1. The average Bonchev–Trinajstić information content (AvgIpc) is 1.85. The van der Waals surface area contributed by atoms with Gasteiger partial charge in [-0.05, 0) is 19.3 Å². The molecule has 3 heteroatoms. The lowest BCUT2D eigenvalue weighted by Crippen LogP contribution is -2.45. The van der Waals surface area contributed by atoms with Crippen molar-refractivity contribution in [3.05, 3.63) is 12.2 Å². The molecule has 0 aromatic heterocycles. The highest BCUT2D eigenvalue weighted by Crippen LogP contribution is 2.17. The summed E-state index contributed by atoms with van der Waals surface area (Å²) in [5, 5.41) is 1.55. The maximum absolute atomic E-state index is 12.9. The van der Waals surface area contributed by atoms with Crippen LogP contribution in [0.15, 0.2) is 12.2 Å². The van der Waals surface area contributed by atoms with E-state index in [9.17, 15) is 4.39 Å². The van der Waals surface area contributed by atoms with Crippen LogP contribution in [0.25, 0.3) is 0 Å². The maximum Gasteiger partial charge on any atom is 0.115 e. The fraction of sp³-hybridized carbons (Fsp3) is 0.750. The summed E-state index contributed by atoms with van der Waals surface area (Å²) < 4.78 is 12.9. The lowest BCUT2D eigenvalue weighted by Gasteiger charge is -2.29. The van der Waals surface area contributed by atoms with Crippen LogP contribution < -0.4 is 5.84 Å². The van der Waals surface area contributed by atoms with Crippen molar-refractivity contribution in [2.24, 2.45) is 11.8 Å². The van der Waals surface area contributed by atoms with Gasteiger partial charge in [-0.25, -0.2) is 9.40 Å². The first-order chi connectivity index (χ1) is 5.22. The van der Waals surface area contributed by atoms with Crippen molar-refractivity contribution < 1.29 is 4.39 Å². The zero-order valence-corrected chi connectivity index (χ0v) is 6.83. The predicted molar refractivity (Wildman–Crippen MR) is 43.6 cm³/mol. The minimum absolute atomic E-state index is 0.300. The minimum atomic E-state index is -0.755. The van der Waals surface area contributed by atoms with Crippen LogP contribution >= 0.6 is 0 Å². The van der Waals surface area contributed by atoms with Crippen molar-refractivity contribution in [1.82, 2.24) is 5.01 Å². The quantitative estimate of drug-likeness (QED) is 0.457. The molecule has 2 nitrogen and oxygen atoms in total. The highest BCUT2D eigenvalue weighted by molar-refractivity contribution is 4.91. The molecule has 11 heavy (non-hydrogen) atoms. The van der Waals surface area contributed by atoms with E-state index < -0.39 is 6.17 Å². The fourth-order valence-electron chi connectivity index (χ4n) is 1.52. The number of hydrogen-bond acceptors (Lipinski definition) is 2. The molecule has 1 rings (SSSR count). The smallest absolute Gasteiger partial charge is 0.115 e. The second kappa shape index (κ2) is 3.83. The van der Waals surface area contributed by atoms with Crippen LogP contribution in [-0.2, 0) is 0 Å². The maximum atomic E-state index is 12.9. The minimum Gasteiger partial charge on any atom is -0.269 e. The number of piperidine rings is 1. The van der Waals surface area contributed by atoms with Crippen LogP contribution in [0.5, 0.6) is 0 Å². The Morgan fingerprint density at radius 2 is 2.27 bits per heavy atom. The fourth-order valence-corrected chi connectivity index (χ4v) is 1.52. The summed E-state index contributed by atoms with van der Waals surface area (Å²) in [6.45, 7) is 3.11. The molecule has 0 unspecified atom stereocenters. The van der Waals surface area contributed by atoms with Gasteiger partial charge in [0.25, 0.3) is 0 Å². The summed E-state index contributed by atoms with van der Waals surface area (Å²) in [5.41, 5.74) is 0. The summed E-state index contributed by atoms with van der Waals surface area (Å²) in [5.74, 6) is 5.81. The van der Waals surface area contributed by atoms with Gasteiger partial charge in [-0.1, -0.05) is 12.2 Å². The normalized spacial score (nSPS) is 34.8. The van der Waals surface area contributed by atoms with E-state index in [4.69, 9.17) is 5.84 Å². The molecule has 0 aromatic rings. The first-order valence-corrected chi connectivity index (χ1v) is 3.99. The molecule has 1 fully saturated rings. The Morgan fingerprint density at radius 3 is 2.82 bits per heavy atom. The van der Waals surface area contributed by atoms with Gasteiger partial charge >= 0.3 is 0 Å². The van der Waals surface area contributed by atoms with Gasteiger partial charge in [0.2, 0.25) is 0 Å². The molecule has 1 saturated heterocycles. The van der Waals surface area contributed by atoms with Gasteiger partial charge in [-0.2, -0.15) is 0 Å². The second-order valence-electron chi connectivity index (χ2n) is 3.07. The van der Waals surface area contributed by atoms with Crippen molar-refractivity contribution in [3.63, 3.8) is 0 Å². The molecule has 1 aliphatic rings. The van der Waals surface area contributed by atoms with E-state index in [2.05, 4.69) is 0 Å². The summed E-state index contributed by atoms with van der Waals surface area (Å²) in [6.07, 6.45) is 3.84. The summed E-state index contributed by atoms with van der Waals surface area (Å²) >= 11 is 0. The van der Waals surface area contributed by atoms with Crippen LogP contribution in [0.1, 0.15) is 13.3 Å². The van der Waals surface area contributed by atoms with Crippen LogP contribution in [0.2, 0.25) is 0 Å². The molecule has 0 bridgehead atoms. The number of hydrogen-bond donors (Lipinski definition) is 1. The summed E-state index contributed by atoms with van der Waals surface area (Å²) in [7, 11) is 0. The SMILES string of the molecule is C/C=C/[C@H]1C[C@H](F)CN(N)C1. The third kappa shape index (κ3) is 2.60. The van der Waals surface area contributed by atoms with E-state index in [1.54, 1.807) is 5.01 Å². The van der Waals surface area contributed by atoms with Gasteiger partial charge in [0.05, 0.1) is 0 Å². The van der Waals surface area contributed by atoms with Crippen LogP contribution in [-0.4, -0.2) is 24.3 Å². The molecule has 0 radical (unpaired) electrons. The molecule has 64 valence electrons. The number of hydrazine groups is 1. The number of rotatable bonds is 1. The number of nitrogens with two attached hydrogens (primary N) is 1. The zero-order valence-electron chi connectivity index (χ0n) is 6.83. The van der Waals surface area contributed by atoms with Crippen molar-refractivity contribution in [2.45, 2.75) is 19.5 Å². The molecule has 2 atom stereocenters.